The summed E-state index contributed by atoms with van der Waals surface area (Å²) in [7, 11) is -3.28. The largest absolute Gasteiger partial charge is 0.342 e. The van der Waals surface area contributed by atoms with Crippen molar-refractivity contribution in [3.8, 4) is 11.1 Å². The van der Waals surface area contributed by atoms with Gasteiger partial charge in [-0.3, -0.25) is 4.79 Å². The molecule has 0 spiro atoms. The number of nitrogens with zero attached hydrogens (tertiary/aromatic N) is 1. The Morgan fingerprint density at radius 2 is 1.77 bits per heavy atom. The summed E-state index contributed by atoms with van der Waals surface area (Å²) in [6.07, 6.45) is 3.85. The van der Waals surface area contributed by atoms with Crippen LogP contribution in [-0.4, -0.2) is 44.6 Å². The minimum Gasteiger partial charge on any atom is -0.342 e. The summed E-state index contributed by atoms with van der Waals surface area (Å²) in [6.45, 7) is 1.11. The number of nitrogens with one attached hydrogen (secondary N) is 1. The van der Waals surface area contributed by atoms with E-state index >= 15 is 0 Å². The number of rotatable bonds is 5. The van der Waals surface area contributed by atoms with Crippen LogP contribution in [0.5, 0.6) is 0 Å². The number of carbonyl (C=O) groups is 1. The monoisotopic (exact) mass is 448 g/mol. The van der Waals surface area contributed by atoms with Crippen LogP contribution in [0.15, 0.2) is 42.5 Å². The molecule has 8 heteroatoms. The molecule has 0 radical (unpaired) electrons. The summed E-state index contributed by atoms with van der Waals surface area (Å²) >= 11 is 0. The number of likely N-dealkylation sites (tertiary alicyclic amines) is 1. The van der Waals surface area contributed by atoms with Crippen LogP contribution >= 0.6 is 0 Å². The zero-order chi connectivity index (χ0) is 22.2. The van der Waals surface area contributed by atoms with Gasteiger partial charge in [-0.05, 0) is 48.8 Å². The zero-order valence-corrected chi connectivity index (χ0v) is 18.2. The summed E-state index contributed by atoms with van der Waals surface area (Å²) in [5.74, 6) is -1.93. The molecule has 2 fully saturated rings. The van der Waals surface area contributed by atoms with E-state index in [-0.39, 0.29) is 29.3 Å². The van der Waals surface area contributed by atoms with E-state index in [9.17, 15) is 22.0 Å². The van der Waals surface area contributed by atoms with Crippen LogP contribution in [0.3, 0.4) is 0 Å². The molecule has 4 rings (SSSR count). The molecule has 166 valence electrons. The Kier molecular flexibility index (Phi) is 6.12. The standard InChI is InChI=1S/C23H26F2N2O3S/c1-31(29,30)26-15-6-5-12-27(13-11-15)23(28)20-14-19(20)17-8-3-2-7-16(17)18-9-4-10-21(24)22(18)25/h2-4,7-10,15,19-20,26H,5-6,11-14H2,1H3/t15-,19-,20+/m0/s1. The Morgan fingerprint density at radius 3 is 2.55 bits per heavy atom. The van der Waals surface area contributed by atoms with E-state index in [1.54, 1.807) is 18.2 Å². The lowest BCUT2D eigenvalue weighted by atomic mass is 9.95. The van der Waals surface area contributed by atoms with Crippen molar-refractivity contribution in [1.82, 2.24) is 9.62 Å². The Labute approximate surface area is 181 Å². The van der Waals surface area contributed by atoms with E-state index in [0.717, 1.165) is 24.3 Å². The van der Waals surface area contributed by atoms with Crippen molar-refractivity contribution in [1.29, 1.82) is 0 Å². The first-order chi connectivity index (χ1) is 14.7. The smallest absolute Gasteiger partial charge is 0.226 e. The van der Waals surface area contributed by atoms with Crippen LogP contribution in [0.25, 0.3) is 11.1 Å². The fraction of sp³-hybridized carbons (Fsp3) is 0.435. The molecule has 1 aliphatic carbocycles. The molecule has 1 N–H and O–H groups in total. The van der Waals surface area contributed by atoms with Gasteiger partial charge in [-0.1, -0.05) is 36.4 Å². The van der Waals surface area contributed by atoms with E-state index in [1.807, 2.05) is 17.0 Å². The van der Waals surface area contributed by atoms with Crippen LogP contribution in [0.1, 0.15) is 37.2 Å². The number of amides is 1. The minimum atomic E-state index is -3.28. The lowest BCUT2D eigenvalue weighted by Gasteiger charge is -2.21. The first-order valence-electron chi connectivity index (χ1n) is 10.5. The molecule has 2 aromatic carbocycles. The van der Waals surface area contributed by atoms with Gasteiger partial charge in [0.2, 0.25) is 15.9 Å². The van der Waals surface area contributed by atoms with E-state index in [4.69, 9.17) is 0 Å². The molecule has 2 aliphatic rings. The molecule has 0 unspecified atom stereocenters. The maximum absolute atomic E-state index is 14.4. The van der Waals surface area contributed by atoms with Crippen molar-refractivity contribution in [3.05, 3.63) is 59.7 Å². The average Bonchev–Trinajstić information content (AvgIpc) is 3.53. The second kappa shape index (κ2) is 8.67. The van der Waals surface area contributed by atoms with Crippen LogP contribution in [-0.2, 0) is 14.8 Å². The van der Waals surface area contributed by atoms with Crippen molar-refractivity contribution in [2.75, 3.05) is 19.3 Å². The van der Waals surface area contributed by atoms with Gasteiger partial charge in [-0.15, -0.1) is 0 Å². The topological polar surface area (TPSA) is 66.5 Å². The van der Waals surface area contributed by atoms with Crippen molar-refractivity contribution in [2.45, 2.75) is 37.6 Å². The van der Waals surface area contributed by atoms with E-state index < -0.39 is 21.7 Å². The Hall–Kier alpha value is -2.32. The van der Waals surface area contributed by atoms with Crippen LogP contribution in [0.2, 0.25) is 0 Å². The number of sulfonamides is 1. The van der Waals surface area contributed by atoms with Crippen molar-refractivity contribution < 1.29 is 22.0 Å². The number of carbonyl (C=O) groups excluding carboxylic acids is 1. The summed E-state index contributed by atoms with van der Waals surface area (Å²) < 4.78 is 53.8. The third-order valence-corrected chi connectivity index (χ3v) is 6.89. The molecule has 2 aromatic rings. The molecular weight excluding hydrogens is 422 g/mol. The molecular formula is C23H26F2N2O3S. The lowest BCUT2D eigenvalue weighted by molar-refractivity contribution is -0.132. The Morgan fingerprint density at radius 1 is 1.03 bits per heavy atom. The maximum atomic E-state index is 14.4. The number of halogens is 2. The third kappa shape index (κ3) is 4.96. The number of hydrogen-bond acceptors (Lipinski definition) is 3. The maximum Gasteiger partial charge on any atom is 0.226 e. The van der Waals surface area contributed by atoms with Gasteiger partial charge in [-0.2, -0.15) is 0 Å². The molecule has 0 aromatic heterocycles. The Bertz CT molecular complexity index is 1090. The molecule has 1 saturated carbocycles. The lowest BCUT2D eigenvalue weighted by Crippen LogP contribution is -2.36. The molecule has 0 bridgehead atoms. The molecule has 1 saturated heterocycles. The van der Waals surface area contributed by atoms with Gasteiger partial charge < -0.3 is 4.90 Å². The SMILES string of the molecule is CS(=O)(=O)N[C@H]1CCCN(C(=O)[C@@H]2C[C@H]2c2ccccc2-c2cccc(F)c2F)CC1. The second-order valence-corrected chi connectivity index (χ2v) is 10.3. The van der Waals surface area contributed by atoms with Crippen LogP contribution in [0, 0.1) is 17.6 Å². The molecule has 1 amide bonds. The molecule has 1 heterocycles. The summed E-state index contributed by atoms with van der Waals surface area (Å²) in [5.41, 5.74) is 1.68. The molecule has 3 atom stereocenters. The van der Waals surface area contributed by atoms with Gasteiger partial charge in [0.25, 0.3) is 0 Å². The summed E-state index contributed by atoms with van der Waals surface area (Å²) in [4.78, 5) is 14.9. The van der Waals surface area contributed by atoms with Gasteiger partial charge in [0.15, 0.2) is 11.6 Å². The van der Waals surface area contributed by atoms with Gasteiger partial charge >= 0.3 is 0 Å². The van der Waals surface area contributed by atoms with Gasteiger partial charge in [0.05, 0.1) is 6.26 Å². The number of hydrogen-bond donors (Lipinski definition) is 1. The first kappa shape index (κ1) is 21.9. The zero-order valence-electron chi connectivity index (χ0n) is 17.4. The quantitative estimate of drug-likeness (QED) is 0.759. The van der Waals surface area contributed by atoms with Crippen LogP contribution < -0.4 is 4.72 Å². The van der Waals surface area contributed by atoms with Crippen molar-refractivity contribution in [2.24, 2.45) is 5.92 Å². The van der Waals surface area contributed by atoms with Gasteiger partial charge in [0, 0.05) is 30.6 Å². The summed E-state index contributed by atoms with van der Waals surface area (Å²) in [6, 6.07) is 11.3. The fourth-order valence-corrected chi connectivity index (χ4v) is 5.40. The predicted molar refractivity (Wildman–Crippen MR) is 115 cm³/mol. The van der Waals surface area contributed by atoms with E-state index in [1.165, 1.54) is 6.07 Å². The highest BCUT2D eigenvalue weighted by atomic mass is 32.2. The third-order valence-electron chi connectivity index (χ3n) is 6.13. The average molecular weight is 449 g/mol. The first-order valence-corrected chi connectivity index (χ1v) is 12.4. The minimum absolute atomic E-state index is 0.0282. The normalized spacial score (nSPS) is 24.0. The molecule has 1 aliphatic heterocycles. The highest BCUT2D eigenvalue weighted by Gasteiger charge is 2.46. The number of benzene rings is 2. The van der Waals surface area contributed by atoms with Crippen LogP contribution in [0.4, 0.5) is 8.78 Å². The highest BCUT2D eigenvalue weighted by molar-refractivity contribution is 7.88. The molecule has 31 heavy (non-hydrogen) atoms. The summed E-state index contributed by atoms with van der Waals surface area (Å²) in [5, 5.41) is 0. The van der Waals surface area contributed by atoms with E-state index in [2.05, 4.69) is 4.72 Å². The Balaban J connectivity index is 1.47. The van der Waals surface area contributed by atoms with E-state index in [0.29, 0.717) is 37.9 Å². The second-order valence-electron chi connectivity index (χ2n) is 8.48. The van der Waals surface area contributed by atoms with Gasteiger partial charge in [0.1, 0.15) is 0 Å². The predicted octanol–water partition coefficient (Wildman–Crippen LogP) is 3.67. The van der Waals surface area contributed by atoms with Crippen molar-refractivity contribution >= 4 is 15.9 Å². The van der Waals surface area contributed by atoms with Gasteiger partial charge in [-0.25, -0.2) is 21.9 Å². The highest BCUT2D eigenvalue weighted by Crippen LogP contribution is 2.51. The van der Waals surface area contributed by atoms with Crippen molar-refractivity contribution in [3.63, 3.8) is 0 Å². The fourth-order valence-electron chi connectivity index (χ4n) is 4.56. The molecule has 5 nitrogen and oxygen atoms in total.